The highest BCUT2D eigenvalue weighted by Gasteiger charge is 2.31. The molecule has 0 unspecified atom stereocenters. The standard InChI is InChI=1S/C27H35N3O4.BrH/c1-8-34-22-11-16-13-30(24(28)17(16)12-18(22)25(29)33)14-21(31)15-9-19(26(2,3)4)23(32)20(10-15)27(5,6)7;/h9-12,28,32H,8,13-14H2,1-7H3,(H2,29,33);1H. The van der Waals surface area contributed by atoms with E-state index in [1.54, 1.807) is 29.2 Å². The number of nitrogens with zero attached hydrogens (tertiary/aromatic N) is 1. The van der Waals surface area contributed by atoms with E-state index in [1.807, 2.05) is 48.5 Å². The molecule has 0 spiro atoms. The van der Waals surface area contributed by atoms with Gasteiger partial charge in [-0.1, -0.05) is 41.5 Å². The fourth-order valence-corrected chi connectivity index (χ4v) is 4.23. The lowest BCUT2D eigenvalue weighted by Gasteiger charge is -2.28. The Morgan fingerprint density at radius 1 is 1.06 bits per heavy atom. The average molecular weight is 547 g/mol. The predicted molar refractivity (Wildman–Crippen MR) is 144 cm³/mol. The third kappa shape index (κ3) is 5.69. The summed E-state index contributed by atoms with van der Waals surface area (Å²) < 4.78 is 5.57. The molecule has 0 saturated heterocycles. The molecule has 4 N–H and O–H groups in total. The molecule has 3 rings (SSSR count). The summed E-state index contributed by atoms with van der Waals surface area (Å²) in [6, 6.07) is 6.83. The first-order valence-corrected chi connectivity index (χ1v) is 11.5. The van der Waals surface area contributed by atoms with Crippen molar-refractivity contribution in [1.82, 2.24) is 4.90 Å². The van der Waals surface area contributed by atoms with Gasteiger partial charge < -0.3 is 20.5 Å². The normalized spacial score (nSPS) is 13.3. The van der Waals surface area contributed by atoms with Gasteiger partial charge in [0.2, 0.25) is 0 Å². The van der Waals surface area contributed by atoms with Gasteiger partial charge in [0.05, 0.1) is 18.7 Å². The number of ketones is 1. The van der Waals surface area contributed by atoms with Crippen LogP contribution in [-0.2, 0) is 17.4 Å². The molecule has 2 aromatic rings. The maximum atomic E-state index is 13.4. The van der Waals surface area contributed by atoms with Crippen LogP contribution in [0.5, 0.6) is 11.5 Å². The molecule has 0 bridgehead atoms. The number of halogens is 1. The van der Waals surface area contributed by atoms with Crippen LogP contribution in [0.1, 0.15) is 91.4 Å². The topological polar surface area (TPSA) is 117 Å². The maximum absolute atomic E-state index is 13.4. The molecule has 0 radical (unpaired) electrons. The van der Waals surface area contributed by atoms with Crippen molar-refractivity contribution in [3.63, 3.8) is 0 Å². The second-order valence-corrected chi connectivity index (χ2v) is 10.9. The van der Waals surface area contributed by atoms with Crippen LogP contribution in [0.4, 0.5) is 0 Å². The number of aromatic hydroxyl groups is 1. The maximum Gasteiger partial charge on any atom is 0.252 e. The number of phenols is 1. The first-order valence-electron chi connectivity index (χ1n) is 11.5. The van der Waals surface area contributed by atoms with Crippen molar-refractivity contribution in [3.8, 4) is 11.5 Å². The van der Waals surface area contributed by atoms with E-state index in [9.17, 15) is 14.7 Å². The number of amides is 1. The number of carbonyl (C=O) groups excluding carboxylic acids is 2. The van der Waals surface area contributed by atoms with Crippen molar-refractivity contribution < 1.29 is 19.4 Å². The number of ether oxygens (including phenoxy) is 1. The van der Waals surface area contributed by atoms with Gasteiger partial charge in [0, 0.05) is 28.8 Å². The number of amidine groups is 1. The molecule has 1 aliphatic rings. The van der Waals surface area contributed by atoms with Gasteiger partial charge >= 0.3 is 0 Å². The molecular weight excluding hydrogens is 510 g/mol. The number of benzene rings is 2. The van der Waals surface area contributed by atoms with Crippen molar-refractivity contribution in [1.29, 1.82) is 5.41 Å². The summed E-state index contributed by atoms with van der Waals surface area (Å²) in [7, 11) is 0. The molecule has 35 heavy (non-hydrogen) atoms. The molecule has 0 saturated carbocycles. The van der Waals surface area contributed by atoms with Crippen LogP contribution < -0.4 is 10.5 Å². The van der Waals surface area contributed by atoms with Gasteiger partial charge in [-0.2, -0.15) is 0 Å². The molecule has 1 amide bonds. The molecular formula is C27H36BrN3O4. The highest BCUT2D eigenvalue weighted by Crippen LogP contribution is 2.40. The Labute approximate surface area is 217 Å². The minimum absolute atomic E-state index is 0. The van der Waals surface area contributed by atoms with Crippen LogP contribution >= 0.6 is 17.0 Å². The zero-order chi connectivity index (χ0) is 25.6. The minimum atomic E-state index is -0.623. The number of nitrogens with two attached hydrogens (primary N) is 1. The SMILES string of the molecule is Br.CCOc1cc2c(cc1C(N)=O)C(=N)N(CC(=O)c1cc(C(C)(C)C)c(O)c(C(C)(C)C)c1)C2. The Kier molecular flexibility index (Phi) is 8.11. The number of fused-ring (bicyclic) bond motifs is 1. The van der Waals surface area contributed by atoms with E-state index in [-0.39, 0.29) is 57.3 Å². The third-order valence-corrected chi connectivity index (χ3v) is 6.09. The van der Waals surface area contributed by atoms with Crippen molar-refractivity contribution in [2.24, 2.45) is 5.73 Å². The third-order valence-electron chi connectivity index (χ3n) is 6.09. The van der Waals surface area contributed by atoms with Crippen LogP contribution in [0.3, 0.4) is 0 Å². The van der Waals surface area contributed by atoms with E-state index in [2.05, 4.69) is 0 Å². The van der Waals surface area contributed by atoms with E-state index in [0.29, 0.717) is 30.0 Å². The average Bonchev–Trinajstić information content (AvgIpc) is 3.00. The lowest BCUT2D eigenvalue weighted by atomic mass is 9.78. The number of phenolic OH excluding ortho intramolecular Hbond substituents is 1. The Balaban J connectivity index is 0.00000432. The van der Waals surface area contributed by atoms with E-state index >= 15 is 0 Å². The van der Waals surface area contributed by atoms with Crippen molar-refractivity contribution in [2.75, 3.05) is 13.2 Å². The van der Waals surface area contributed by atoms with Gasteiger partial charge in [-0.05, 0) is 47.6 Å². The van der Waals surface area contributed by atoms with Crippen LogP contribution in [0.2, 0.25) is 0 Å². The van der Waals surface area contributed by atoms with Crippen LogP contribution in [-0.4, -0.2) is 40.7 Å². The lowest BCUT2D eigenvalue weighted by Crippen LogP contribution is -2.30. The largest absolute Gasteiger partial charge is 0.507 e. The molecule has 0 aliphatic carbocycles. The van der Waals surface area contributed by atoms with Crippen LogP contribution in [0, 0.1) is 5.41 Å². The fraction of sp³-hybridized carbons (Fsp3) is 0.444. The van der Waals surface area contributed by atoms with E-state index < -0.39 is 5.91 Å². The van der Waals surface area contributed by atoms with E-state index in [0.717, 1.165) is 16.7 Å². The highest BCUT2D eigenvalue weighted by molar-refractivity contribution is 8.93. The first-order chi connectivity index (χ1) is 15.6. The molecule has 1 heterocycles. The van der Waals surface area contributed by atoms with Crippen molar-refractivity contribution >= 4 is 34.5 Å². The highest BCUT2D eigenvalue weighted by atomic mass is 79.9. The number of Topliss-reactive ketones (excluding diaryl/α,β-unsaturated/α-hetero) is 1. The van der Waals surface area contributed by atoms with Crippen molar-refractivity contribution in [2.45, 2.75) is 65.8 Å². The number of hydrogen-bond donors (Lipinski definition) is 3. The number of primary amides is 1. The lowest BCUT2D eigenvalue weighted by molar-refractivity contribution is 0.0960. The molecule has 0 aromatic heterocycles. The summed E-state index contributed by atoms with van der Waals surface area (Å²) >= 11 is 0. The molecule has 7 nitrogen and oxygen atoms in total. The monoisotopic (exact) mass is 545 g/mol. The Hall–Kier alpha value is -2.87. The van der Waals surface area contributed by atoms with Gasteiger partial charge in [-0.25, -0.2) is 0 Å². The van der Waals surface area contributed by atoms with Crippen molar-refractivity contribution in [3.05, 3.63) is 57.6 Å². The second-order valence-electron chi connectivity index (χ2n) is 10.9. The van der Waals surface area contributed by atoms with E-state index in [4.69, 9.17) is 15.9 Å². The number of nitrogens with one attached hydrogen (secondary N) is 1. The van der Waals surface area contributed by atoms with Gasteiger partial charge in [-0.15, -0.1) is 17.0 Å². The first kappa shape index (κ1) is 28.4. The molecule has 8 heteroatoms. The Morgan fingerprint density at radius 2 is 1.60 bits per heavy atom. The minimum Gasteiger partial charge on any atom is -0.507 e. The molecule has 190 valence electrons. The van der Waals surface area contributed by atoms with Gasteiger partial charge in [0.1, 0.15) is 17.3 Å². The van der Waals surface area contributed by atoms with Gasteiger partial charge in [-0.3, -0.25) is 15.0 Å². The van der Waals surface area contributed by atoms with Gasteiger partial charge in [0.15, 0.2) is 5.78 Å². The molecule has 0 fully saturated rings. The summed E-state index contributed by atoms with van der Waals surface area (Å²) in [4.78, 5) is 27.0. The summed E-state index contributed by atoms with van der Waals surface area (Å²) in [6.45, 7) is 14.6. The molecule has 0 atom stereocenters. The van der Waals surface area contributed by atoms with Crippen LogP contribution in [0.15, 0.2) is 24.3 Å². The Morgan fingerprint density at radius 3 is 2.06 bits per heavy atom. The molecule has 1 aliphatic heterocycles. The van der Waals surface area contributed by atoms with E-state index in [1.165, 1.54) is 0 Å². The quantitative estimate of drug-likeness (QED) is 0.437. The summed E-state index contributed by atoms with van der Waals surface area (Å²) in [5.41, 5.74) is 8.35. The zero-order valence-corrected chi connectivity index (χ0v) is 23.2. The molecule has 2 aromatic carbocycles. The summed E-state index contributed by atoms with van der Waals surface area (Å²) in [5, 5.41) is 19.6. The number of rotatable bonds is 6. The fourth-order valence-electron chi connectivity index (χ4n) is 4.23. The zero-order valence-electron chi connectivity index (χ0n) is 21.5. The summed E-state index contributed by atoms with van der Waals surface area (Å²) in [6.07, 6.45) is 0. The number of hydrogen-bond acceptors (Lipinski definition) is 5. The Bertz CT molecular complexity index is 1140. The van der Waals surface area contributed by atoms with Crippen LogP contribution in [0.25, 0.3) is 0 Å². The second kappa shape index (κ2) is 10.0. The smallest absolute Gasteiger partial charge is 0.252 e. The predicted octanol–water partition coefficient (Wildman–Crippen LogP) is 5.09. The summed E-state index contributed by atoms with van der Waals surface area (Å²) in [5.74, 6) is 0.00812. The number of carbonyl (C=O) groups is 2. The van der Waals surface area contributed by atoms with Gasteiger partial charge in [0.25, 0.3) is 5.91 Å².